The average Bonchev–Trinajstić information content (AvgIpc) is 2.64. The number of hydrogen-bond donors (Lipinski definition) is 2. The van der Waals surface area contributed by atoms with Gasteiger partial charge < -0.3 is 10.4 Å². The molecule has 0 radical (unpaired) electrons. The summed E-state index contributed by atoms with van der Waals surface area (Å²) in [6.07, 6.45) is 0. The van der Waals surface area contributed by atoms with Crippen LogP contribution < -0.4 is 5.32 Å². The van der Waals surface area contributed by atoms with Crippen molar-refractivity contribution in [2.24, 2.45) is 0 Å². The van der Waals surface area contributed by atoms with Crippen LogP contribution in [-0.2, 0) is 4.79 Å². The lowest BCUT2D eigenvalue weighted by Crippen LogP contribution is -2.25. The molecule has 2 N–H and O–H groups in total. The first-order valence-electron chi connectivity index (χ1n) is 4.49. The minimum atomic E-state index is -0.867. The van der Waals surface area contributed by atoms with Gasteiger partial charge in [0.05, 0.1) is 15.7 Å². The first kappa shape index (κ1) is 9.92. The molecule has 0 saturated heterocycles. The summed E-state index contributed by atoms with van der Waals surface area (Å²) in [7, 11) is 0. The van der Waals surface area contributed by atoms with Crippen molar-refractivity contribution in [2.45, 2.75) is 13.0 Å². The van der Waals surface area contributed by atoms with Gasteiger partial charge in [-0.05, 0) is 25.1 Å². The molecule has 0 aliphatic rings. The standard InChI is InChI=1S/C10H10N2O2S/c1-6(10(13)14)12-7-2-3-9-8(4-7)11-5-15-9/h2-6,12H,1H3,(H,13,14). The lowest BCUT2D eigenvalue weighted by Gasteiger charge is -2.10. The van der Waals surface area contributed by atoms with E-state index in [1.807, 2.05) is 18.2 Å². The number of aliphatic carboxylic acids is 1. The third-order valence-electron chi connectivity index (χ3n) is 2.08. The third-order valence-corrected chi connectivity index (χ3v) is 2.89. The fourth-order valence-electron chi connectivity index (χ4n) is 1.26. The van der Waals surface area contributed by atoms with Crippen LogP contribution in [0.5, 0.6) is 0 Å². The van der Waals surface area contributed by atoms with E-state index in [9.17, 15) is 4.79 Å². The van der Waals surface area contributed by atoms with Gasteiger partial charge in [-0.2, -0.15) is 0 Å². The molecule has 0 fully saturated rings. The zero-order chi connectivity index (χ0) is 10.8. The van der Waals surface area contributed by atoms with Gasteiger partial charge in [0, 0.05) is 5.69 Å². The van der Waals surface area contributed by atoms with Crippen LogP contribution in [0.1, 0.15) is 6.92 Å². The Kier molecular flexibility index (Phi) is 2.55. The number of carboxylic acid groups (broad SMARTS) is 1. The Morgan fingerprint density at radius 3 is 3.13 bits per heavy atom. The van der Waals surface area contributed by atoms with E-state index in [2.05, 4.69) is 10.3 Å². The van der Waals surface area contributed by atoms with E-state index in [1.54, 1.807) is 23.8 Å². The summed E-state index contributed by atoms with van der Waals surface area (Å²) >= 11 is 1.57. The molecule has 0 spiro atoms. The van der Waals surface area contributed by atoms with Gasteiger partial charge in [0.25, 0.3) is 0 Å². The number of thiazole rings is 1. The largest absolute Gasteiger partial charge is 0.480 e. The van der Waals surface area contributed by atoms with E-state index >= 15 is 0 Å². The summed E-state index contributed by atoms with van der Waals surface area (Å²) in [6.45, 7) is 1.60. The van der Waals surface area contributed by atoms with Gasteiger partial charge in [0.1, 0.15) is 6.04 Å². The number of carbonyl (C=O) groups is 1. The molecule has 1 aromatic carbocycles. The summed E-state index contributed by atoms with van der Waals surface area (Å²) in [6, 6.07) is 5.05. The molecule has 78 valence electrons. The van der Waals surface area contributed by atoms with Crippen LogP contribution >= 0.6 is 11.3 Å². The number of hydrogen-bond acceptors (Lipinski definition) is 4. The van der Waals surface area contributed by atoms with Gasteiger partial charge in [-0.3, -0.25) is 4.79 Å². The fraction of sp³-hybridized carbons (Fsp3) is 0.200. The highest BCUT2D eigenvalue weighted by Crippen LogP contribution is 2.21. The van der Waals surface area contributed by atoms with Crippen molar-refractivity contribution in [3.63, 3.8) is 0 Å². The second-order valence-electron chi connectivity index (χ2n) is 3.24. The molecule has 15 heavy (non-hydrogen) atoms. The fourth-order valence-corrected chi connectivity index (χ4v) is 1.92. The molecule has 1 aromatic heterocycles. The number of benzene rings is 1. The molecule has 0 aliphatic heterocycles. The highest BCUT2D eigenvalue weighted by Gasteiger charge is 2.10. The topological polar surface area (TPSA) is 62.2 Å². The van der Waals surface area contributed by atoms with E-state index < -0.39 is 12.0 Å². The zero-order valence-electron chi connectivity index (χ0n) is 8.10. The Hall–Kier alpha value is -1.62. The minimum Gasteiger partial charge on any atom is -0.480 e. The molecule has 0 bridgehead atoms. The molecule has 5 heteroatoms. The van der Waals surface area contributed by atoms with Gasteiger partial charge in [0.2, 0.25) is 0 Å². The quantitative estimate of drug-likeness (QED) is 0.835. The summed E-state index contributed by atoms with van der Waals surface area (Å²) in [5.41, 5.74) is 3.45. The molecule has 2 rings (SSSR count). The van der Waals surface area contributed by atoms with Gasteiger partial charge in [-0.1, -0.05) is 0 Å². The van der Waals surface area contributed by atoms with Crippen LogP contribution in [0.3, 0.4) is 0 Å². The van der Waals surface area contributed by atoms with Crippen molar-refractivity contribution >= 4 is 33.2 Å². The predicted octanol–water partition coefficient (Wildman–Crippen LogP) is 2.18. The summed E-state index contributed by atoms with van der Waals surface area (Å²) in [4.78, 5) is 14.8. The van der Waals surface area contributed by atoms with Crippen molar-refractivity contribution in [3.05, 3.63) is 23.7 Å². The van der Waals surface area contributed by atoms with Crippen molar-refractivity contribution in [1.29, 1.82) is 0 Å². The van der Waals surface area contributed by atoms with E-state index in [4.69, 9.17) is 5.11 Å². The molecule has 2 aromatic rings. The lowest BCUT2D eigenvalue weighted by atomic mass is 10.2. The maximum absolute atomic E-state index is 10.6. The minimum absolute atomic E-state index is 0.596. The van der Waals surface area contributed by atoms with Crippen molar-refractivity contribution in [3.8, 4) is 0 Å². The number of anilines is 1. The molecular weight excluding hydrogens is 212 g/mol. The third kappa shape index (κ3) is 2.07. The molecular formula is C10H10N2O2S. The maximum atomic E-state index is 10.6. The van der Waals surface area contributed by atoms with Crippen LogP contribution in [0.25, 0.3) is 10.2 Å². The molecule has 1 heterocycles. The number of carboxylic acids is 1. The number of nitrogens with one attached hydrogen (secondary N) is 1. The Morgan fingerprint density at radius 1 is 1.60 bits per heavy atom. The van der Waals surface area contributed by atoms with E-state index in [-0.39, 0.29) is 0 Å². The second-order valence-corrected chi connectivity index (χ2v) is 4.13. The Labute approximate surface area is 90.6 Å². The monoisotopic (exact) mass is 222 g/mol. The van der Waals surface area contributed by atoms with Crippen LogP contribution in [0.15, 0.2) is 23.7 Å². The van der Waals surface area contributed by atoms with Crippen LogP contribution in [0, 0.1) is 0 Å². The van der Waals surface area contributed by atoms with E-state index in [1.165, 1.54) is 0 Å². The Bertz CT molecular complexity index is 495. The average molecular weight is 222 g/mol. The van der Waals surface area contributed by atoms with E-state index in [0.29, 0.717) is 0 Å². The number of aromatic nitrogens is 1. The number of nitrogens with zero attached hydrogens (tertiary/aromatic N) is 1. The maximum Gasteiger partial charge on any atom is 0.325 e. The van der Waals surface area contributed by atoms with Gasteiger partial charge >= 0.3 is 5.97 Å². The first-order valence-corrected chi connectivity index (χ1v) is 5.37. The van der Waals surface area contributed by atoms with E-state index in [0.717, 1.165) is 15.9 Å². The molecule has 1 atom stereocenters. The van der Waals surface area contributed by atoms with Crippen LogP contribution in [0.2, 0.25) is 0 Å². The first-order chi connectivity index (χ1) is 7.16. The molecule has 1 unspecified atom stereocenters. The molecule has 0 saturated carbocycles. The van der Waals surface area contributed by atoms with Crippen molar-refractivity contribution in [2.75, 3.05) is 5.32 Å². The molecule has 0 aliphatic carbocycles. The Morgan fingerprint density at radius 2 is 2.40 bits per heavy atom. The predicted molar refractivity (Wildman–Crippen MR) is 60.3 cm³/mol. The van der Waals surface area contributed by atoms with Gasteiger partial charge in [-0.25, -0.2) is 4.98 Å². The highest BCUT2D eigenvalue weighted by atomic mass is 32.1. The Balaban J connectivity index is 2.24. The van der Waals surface area contributed by atoms with Gasteiger partial charge in [0.15, 0.2) is 0 Å². The van der Waals surface area contributed by atoms with Crippen molar-refractivity contribution < 1.29 is 9.90 Å². The van der Waals surface area contributed by atoms with Gasteiger partial charge in [-0.15, -0.1) is 11.3 Å². The van der Waals surface area contributed by atoms with Crippen LogP contribution in [-0.4, -0.2) is 22.1 Å². The number of fused-ring (bicyclic) bond motifs is 1. The summed E-state index contributed by atoms with van der Waals surface area (Å²) < 4.78 is 1.10. The smallest absolute Gasteiger partial charge is 0.325 e. The number of rotatable bonds is 3. The summed E-state index contributed by atoms with van der Waals surface area (Å²) in [5, 5.41) is 11.6. The molecule has 0 amide bonds. The lowest BCUT2D eigenvalue weighted by molar-refractivity contribution is -0.137. The normalized spacial score (nSPS) is 12.6. The highest BCUT2D eigenvalue weighted by molar-refractivity contribution is 7.16. The summed E-state index contributed by atoms with van der Waals surface area (Å²) in [5.74, 6) is -0.867. The SMILES string of the molecule is CC(Nc1ccc2scnc2c1)C(=O)O. The second kappa shape index (κ2) is 3.86. The molecule has 4 nitrogen and oxygen atoms in total. The zero-order valence-corrected chi connectivity index (χ0v) is 8.91. The van der Waals surface area contributed by atoms with Crippen molar-refractivity contribution in [1.82, 2.24) is 4.98 Å². The van der Waals surface area contributed by atoms with Crippen LogP contribution in [0.4, 0.5) is 5.69 Å².